The number of non-ortho nitro benzene ring substituents is 1. The van der Waals surface area contributed by atoms with Gasteiger partial charge in [-0.25, -0.2) is 4.79 Å². The minimum atomic E-state index is -0.467. The quantitative estimate of drug-likeness (QED) is 0.659. The topological polar surface area (TPSA) is 84.3 Å². The Kier molecular flexibility index (Phi) is 4.77. The molecule has 0 saturated heterocycles. The minimum Gasteiger partial charge on any atom is -0.335 e. The third-order valence-corrected chi connectivity index (χ3v) is 4.03. The number of nitro benzene ring substituents is 1. The van der Waals surface area contributed by atoms with Crippen LogP contribution in [0.15, 0.2) is 18.2 Å². The SMILES string of the molecule is Cc1ccc([N+](=O)[O-])cc1NC(=O)NC1CCC(C)CC1. The van der Waals surface area contributed by atoms with E-state index in [2.05, 4.69) is 17.6 Å². The van der Waals surface area contributed by atoms with Gasteiger partial charge in [0.05, 0.1) is 10.6 Å². The second-order valence-corrected chi connectivity index (χ2v) is 5.81. The molecule has 1 saturated carbocycles. The zero-order valence-corrected chi connectivity index (χ0v) is 12.4. The lowest BCUT2D eigenvalue weighted by atomic mass is 9.87. The monoisotopic (exact) mass is 291 g/mol. The van der Waals surface area contributed by atoms with E-state index in [0.29, 0.717) is 5.69 Å². The fourth-order valence-corrected chi connectivity index (χ4v) is 2.61. The molecule has 6 nitrogen and oxygen atoms in total. The molecule has 0 aromatic heterocycles. The number of benzene rings is 1. The van der Waals surface area contributed by atoms with Crippen molar-refractivity contribution in [1.82, 2.24) is 5.32 Å². The summed E-state index contributed by atoms with van der Waals surface area (Å²) in [6, 6.07) is 4.35. The first-order valence-electron chi connectivity index (χ1n) is 7.28. The van der Waals surface area contributed by atoms with Crippen molar-refractivity contribution >= 4 is 17.4 Å². The number of urea groups is 1. The number of amides is 2. The summed E-state index contributed by atoms with van der Waals surface area (Å²) < 4.78 is 0. The Morgan fingerprint density at radius 1 is 1.29 bits per heavy atom. The molecule has 0 aliphatic heterocycles. The Labute approximate surface area is 124 Å². The van der Waals surface area contributed by atoms with Gasteiger partial charge in [-0.05, 0) is 44.1 Å². The predicted octanol–water partition coefficient (Wildman–Crippen LogP) is 3.60. The maximum atomic E-state index is 12.0. The Hall–Kier alpha value is -2.11. The number of nitrogens with zero attached hydrogens (tertiary/aromatic N) is 1. The van der Waals surface area contributed by atoms with Gasteiger partial charge in [-0.1, -0.05) is 13.0 Å². The van der Waals surface area contributed by atoms with Crippen LogP contribution in [-0.4, -0.2) is 17.0 Å². The van der Waals surface area contributed by atoms with Gasteiger partial charge in [-0.15, -0.1) is 0 Å². The molecule has 1 aliphatic rings. The van der Waals surface area contributed by atoms with Crippen molar-refractivity contribution in [2.45, 2.75) is 45.6 Å². The molecule has 21 heavy (non-hydrogen) atoms. The molecule has 6 heteroatoms. The molecule has 2 rings (SSSR count). The first kappa shape index (κ1) is 15.3. The average Bonchev–Trinajstić information content (AvgIpc) is 2.43. The molecule has 1 aromatic rings. The lowest BCUT2D eigenvalue weighted by molar-refractivity contribution is -0.384. The highest BCUT2D eigenvalue weighted by molar-refractivity contribution is 5.90. The zero-order chi connectivity index (χ0) is 15.4. The van der Waals surface area contributed by atoms with Crippen LogP contribution in [0.2, 0.25) is 0 Å². The highest BCUT2D eigenvalue weighted by atomic mass is 16.6. The molecule has 0 heterocycles. The van der Waals surface area contributed by atoms with E-state index in [1.54, 1.807) is 6.07 Å². The minimum absolute atomic E-state index is 0.0256. The molecule has 1 aromatic carbocycles. The maximum Gasteiger partial charge on any atom is 0.319 e. The molecule has 0 radical (unpaired) electrons. The van der Waals surface area contributed by atoms with Crippen LogP contribution in [-0.2, 0) is 0 Å². The highest BCUT2D eigenvalue weighted by Crippen LogP contribution is 2.24. The first-order valence-corrected chi connectivity index (χ1v) is 7.28. The molecular formula is C15H21N3O3. The largest absolute Gasteiger partial charge is 0.335 e. The first-order chi connectivity index (χ1) is 9.95. The highest BCUT2D eigenvalue weighted by Gasteiger charge is 2.20. The fourth-order valence-electron chi connectivity index (χ4n) is 2.61. The molecule has 2 N–H and O–H groups in total. The molecular weight excluding hydrogens is 270 g/mol. The number of carbonyl (C=O) groups is 1. The number of aryl methyl sites for hydroxylation is 1. The number of anilines is 1. The molecule has 0 spiro atoms. The van der Waals surface area contributed by atoms with E-state index in [-0.39, 0.29) is 17.8 Å². The van der Waals surface area contributed by atoms with E-state index in [1.165, 1.54) is 12.1 Å². The number of nitrogens with one attached hydrogen (secondary N) is 2. The number of nitro groups is 1. The van der Waals surface area contributed by atoms with E-state index in [4.69, 9.17) is 0 Å². The van der Waals surface area contributed by atoms with Gasteiger partial charge >= 0.3 is 6.03 Å². The summed E-state index contributed by atoms with van der Waals surface area (Å²) in [5.41, 5.74) is 1.25. The normalized spacial score (nSPS) is 21.6. The van der Waals surface area contributed by atoms with Crippen LogP contribution in [0, 0.1) is 23.0 Å². The van der Waals surface area contributed by atoms with Crippen molar-refractivity contribution in [3.63, 3.8) is 0 Å². The van der Waals surface area contributed by atoms with Crippen molar-refractivity contribution in [3.05, 3.63) is 33.9 Å². The average molecular weight is 291 g/mol. The van der Waals surface area contributed by atoms with Gasteiger partial charge in [0.1, 0.15) is 0 Å². The van der Waals surface area contributed by atoms with Crippen LogP contribution in [0.3, 0.4) is 0 Å². The van der Waals surface area contributed by atoms with E-state index >= 15 is 0 Å². The molecule has 0 unspecified atom stereocenters. The summed E-state index contributed by atoms with van der Waals surface area (Å²) in [5.74, 6) is 0.727. The molecule has 0 atom stereocenters. The number of carbonyl (C=O) groups excluding carboxylic acids is 1. The van der Waals surface area contributed by atoms with Crippen molar-refractivity contribution in [2.75, 3.05) is 5.32 Å². The second-order valence-electron chi connectivity index (χ2n) is 5.81. The van der Waals surface area contributed by atoms with Crippen LogP contribution >= 0.6 is 0 Å². The summed E-state index contributed by atoms with van der Waals surface area (Å²) >= 11 is 0. The van der Waals surface area contributed by atoms with Crippen molar-refractivity contribution in [2.24, 2.45) is 5.92 Å². The fraction of sp³-hybridized carbons (Fsp3) is 0.533. The van der Waals surface area contributed by atoms with E-state index in [1.807, 2.05) is 6.92 Å². The summed E-state index contributed by atoms with van der Waals surface area (Å²) in [4.78, 5) is 22.3. The lowest BCUT2D eigenvalue weighted by Crippen LogP contribution is -2.40. The van der Waals surface area contributed by atoms with Gasteiger partial charge < -0.3 is 10.6 Å². The van der Waals surface area contributed by atoms with Crippen molar-refractivity contribution in [1.29, 1.82) is 0 Å². The number of hydrogen-bond acceptors (Lipinski definition) is 3. The van der Waals surface area contributed by atoms with Crippen LogP contribution in [0.25, 0.3) is 0 Å². The van der Waals surface area contributed by atoms with Gasteiger partial charge in [0, 0.05) is 18.2 Å². The molecule has 0 bridgehead atoms. The van der Waals surface area contributed by atoms with E-state index < -0.39 is 4.92 Å². The zero-order valence-electron chi connectivity index (χ0n) is 12.4. The van der Waals surface area contributed by atoms with Crippen molar-refractivity contribution < 1.29 is 9.72 Å². The molecule has 1 aliphatic carbocycles. The molecule has 114 valence electrons. The van der Waals surface area contributed by atoms with E-state index in [9.17, 15) is 14.9 Å². The van der Waals surface area contributed by atoms with Gasteiger partial charge in [0.2, 0.25) is 0 Å². The number of rotatable bonds is 3. The second kappa shape index (κ2) is 6.56. The predicted molar refractivity (Wildman–Crippen MR) is 81.4 cm³/mol. The van der Waals surface area contributed by atoms with Gasteiger partial charge in [-0.2, -0.15) is 0 Å². The van der Waals surface area contributed by atoms with Crippen LogP contribution in [0.4, 0.5) is 16.2 Å². The Bertz CT molecular complexity index is 537. The van der Waals surface area contributed by atoms with Crippen LogP contribution < -0.4 is 10.6 Å². The lowest BCUT2D eigenvalue weighted by Gasteiger charge is -2.27. The van der Waals surface area contributed by atoms with Crippen molar-refractivity contribution in [3.8, 4) is 0 Å². The third kappa shape index (κ3) is 4.18. The van der Waals surface area contributed by atoms with Gasteiger partial charge in [0.15, 0.2) is 0 Å². The summed E-state index contributed by atoms with van der Waals surface area (Å²) in [6.07, 6.45) is 4.23. The Balaban J connectivity index is 1.96. The van der Waals surface area contributed by atoms with Crippen LogP contribution in [0.1, 0.15) is 38.2 Å². The standard InChI is InChI=1S/C15H21N3O3/c1-10-3-6-12(7-4-10)16-15(19)17-14-9-13(18(20)21)8-5-11(14)2/h5,8-10,12H,3-4,6-7H2,1-2H3,(H2,16,17,19). The van der Waals surface area contributed by atoms with Gasteiger partial charge in [0.25, 0.3) is 5.69 Å². The molecule has 1 fully saturated rings. The van der Waals surface area contributed by atoms with E-state index in [0.717, 1.165) is 37.2 Å². The summed E-state index contributed by atoms with van der Waals surface area (Å²) in [6.45, 7) is 4.03. The summed E-state index contributed by atoms with van der Waals surface area (Å²) in [7, 11) is 0. The Morgan fingerprint density at radius 2 is 1.95 bits per heavy atom. The molecule has 2 amide bonds. The maximum absolute atomic E-state index is 12.0. The third-order valence-electron chi connectivity index (χ3n) is 4.03. The number of hydrogen-bond donors (Lipinski definition) is 2. The van der Waals surface area contributed by atoms with Gasteiger partial charge in [-0.3, -0.25) is 10.1 Å². The summed E-state index contributed by atoms with van der Waals surface area (Å²) in [5, 5.41) is 16.4. The van der Waals surface area contributed by atoms with Crippen LogP contribution in [0.5, 0.6) is 0 Å². The Morgan fingerprint density at radius 3 is 2.57 bits per heavy atom. The smallest absolute Gasteiger partial charge is 0.319 e.